The van der Waals surface area contributed by atoms with Crippen LogP contribution in [0.3, 0.4) is 0 Å². The standard InChI is InChI=1S/C10H8ClN5O2S/c11-7-2-1-6(4-12)3-9(7)19(17,18)16-10-8(13)5-14-15-10/h1-3,5H,13H2,(H2,14,15,16). The first-order valence-corrected chi connectivity index (χ1v) is 6.81. The van der Waals surface area contributed by atoms with Gasteiger partial charge in [0.05, 0.1) is 28.5 Å². The van der Waals surface area contributed by atoms with Crippen molar-refractivity contribution >= 4 is 33.1 Å². The zero-order chi connectivity index (χ0) is 14.0. The van der Waals surface area contributed by atoms with Crippen LogP contribution in [0.15, 0.2) is 29.3 Å². The van der Waals surface area contributed by atoms with Crippen LogP contribution in [-0.2, 0) is 10.0 Å². The molecule has 1 aromatic heterocycles. The normalized spacial score (nSPS) is 10.9. The van der Waals surface area contributed by atoms with Crippen molar-refractivity contribution < 1.29 is 8.42 Å². The lowest BCUT2D eigenvalue weighted by Gasteiger charge is -2.08. The first kappa shape index (κ1) is 13.2. The Bertz CT molecular complexity index is 762. The summed E-state index contributed by atoms with van der Waals surface area (Å²) < 4.78 is 26.5. The van der Waals surface area contributed by atoms with Gasteiger partial charge in [-0.1, -0.05) is 11.6 Å². The van der Waals surface area contributed by atoms with Gasteiger partial charge in [-0.3, -0.25) is 9.82 Å². The van der Waals surface area contributed by atoms with Crippen LogP contribution in [0.25, 0.3) is 0 Å². The van der Waals surface area contributed by atoms with Gasteiger partial charge in [-0.2, -0.15) is 10.4 Å². The summed E-state index contributed by atoms with van der Waals surface area (Å²) in [5.41, 5.74) is 5.85. The molecule has 98 valence electrons. The molecule has 4 N–H and O–H groups in total. The van der Waals surface area contributed by atoms with Crippen molar-refractivity contribution in [1.82, 2.24) is 10.2 Å². The monoisotopic (exact) mass is 297 g/mol. The molecule has 1 heterocycles. The number of sulfonamides is 1. The molecule has 9 heteroatoms. The Balaban J connectivity index is 2.46. The highest BCUT2D eigenvalue weighted by molar-refractivity contribution is 7.92. The smallest absolute Gasteiger partial charge is 0.264 e. The SMILES string of the molecule is N#Cc1ccc(Cl)c(S(=O)(=O)Nc2[nH]ncc2N)c1. The molecule has 0 fully saturated rings. The molecule has 0 bridgehead atoms. The largest absolute Gasteiger partial charge is 0.394 e. The van der Waals surface area contributed by atoms with Crippen LogP contribution < -0.4 is 10.5 Å². The van der Waals surface area contributed by atoms with Crippen molar-refractivity contribution in [2.24, 2.45) is 0 Å². The van der Waals surface area contributed by atoms with E-state index in [0.717, 1.165) is 0 Å². The molecule has 0 radical (unpaired) electrons. The average molecular weight is 298 g/mol. The van der Waals surface area contributed by atoms with E-state index in [9.17, 15) is 8.42 Å². The van der Waals surface area contributed by atoms with Crippen LogP contribution in [0, 0.1) is 11.3 Å². The minimum Gasteiger partial charge on any atom is -0.394 e. The van der Waals surface area contributed by atoms with Gasteiger partial charge in [-0.05, 0) is 18.2 Å². The molecule has 0 saturated carbocycles. The number of nitriles is 1. The van der Waals surface area contributed by atoms with Crippen LogP contribution in [0.5, 0.6) is 0 Å². The average Bonchev–Trinajstić information content (AvgIpc) is 2.75. The maximum atomic E-state index is 12.1. The first-order valence-electron chi connectivity index (χ1n) is 4.95. The summed E-state index contributed by atoms with van der Waals surface area (Å²) in [6.07, 6.45) is 1.27. The van der Waals surface area contributed by atoms with E-state index in [-0.39, 0.29) is 27.0 Å². The van der Waals surface area contributed by atoms with E-state index in [4.69, 9.17) is 22.6 Å². The highest BCUT2D eigenvalue weighted by Crippen LogP contribution is 2.25. The van der Waals surface area contributed by atoms with Crippen LogP contribution in [-0.4, -0.2) is 18.6 Å². The number of H-pyrrole nitrogens is 1. The molecule has 1 aromatic carbocycles. The van der Waals surface area contributed by atoms with Gasteiger partial charge >= 0.3 is 0 Å². The third-order valence-electron chi connectivity index (χ3n) is 2.25. The van der Waals surface area contributed by atoms with Gasteiger partial charge < -0.3 is 5.73 Å². The third kappa shape index (κ3) is 2.62. The number of nitrogens with two attached hydrogens (primary N) is 1. The minimum atomic E-state index is -3.95. The van der Waals surface area contributed by atoms with E-state index in [1.54, 1.807) is 0 Å². The Hall–Kier alpha value is -2.24. The Labute approximate surface area is 114 Å². The van der Waals surface area contributed by atoms with E-state index in [0.29, 0.717) is 0 Å². The molecule has 2 rings (SSSR count). The lowest BCUT2D eigenvalue weighted by Crippen LogP contribution is -2.15. The Morgan fingerprint density at radius 3 is 2.79 bits per heavy atom. The number of aromatic nitrogens is 2. The predicted molar refractivity (Wildman–Crippen MR) is 70.0 cm³/mol. The maximum Gasteiger partial charge on any atom is 0.264 e. The lowest BCUT2D eigenvalue weighted by atomic mass is 10.2. The third-order valence-corrected chi connectivity index (χ3v) is 4.09. The van der Waals surface area contributed by atoms with Crippen LogP contribution in [0.1, 0.15) is 5.56 Å². The minimum absolute atomic E-state index is 0.00425. The van der Waals surface area contributed by atoms with Gasteiger partial charge in [0, 0.05) is 0 Å². The van der Waals surface area contributed by atoms with Gasteiger partial charge in [0.25, 0.3) is 10.0 Å². The van der Waals surface area contributed by atoms with E-state index in [1.807, 2.05) is 6.07 Å². The second kappa shape index (κ2) is 4.79. The molecular formula is C10H8ClN5O2S. The summed E-state index contributed by atoms with van der Waals surface area (Å²) in [4.78, 5) is -0.206. The van der Waals surface area contributed by atoms with Gasteiger partial charge in [-0.25, -0.2) is 8.42 Å². The van der Waals surface area contributed by atoms with Crippen LogP contribution in [0.4, 0.5) is 11.5 Å². The van der Waals surface area contributed by atoms with E-state index in [2.05, 4.69) is 14.9 Å². The van der Waals surface area contributed by atoms with Crippen LogP contribution >= 0.6 is 11.6 Å². The van der Waals surface area contributed by atoms with Crippen LogP contribution in [0.2, 0.25) is 5.02 Å². The quantitative estimate of drug-likeness (QED) is 0.788. The number of aromatic amines is 1. The van der Waals surface area contributed by atoms with Crippen molar-refractivity contribution in [2.45, 2.75) is 4.90 Å². The topological polar surface area (TPSA) is 125 Å². The van der Waals surface area contributed by atoms with Crippen molar-refractivity contribution in [1.29, 1.82) is 5.26 Å². The number of halogens is 1. The summed E-state index contributed by atoms with van der Waals surface area (Å²) in [6.45, 7) is 0. The molecule has 0 saturated heterocycles. The number of nitrogens with one attached hydrogen (secondary N) is 2. The van der Waals surface area contributed by atoms with Crippen molar-refractivity contribution in [3.8, 4) is 6.07 Å². The number of anilines is 2. The maximum absolute atomic E-state index is 12.1. The Kier molecular flexibility index (Phi) is 3.33. The van der Waals surface area contributed by atoms with Gasteiger partial charge in [-0.15, -0.1) is 0 Å². The highest BCUT2D eigenvalue weighted by Gasteiger charge is 2.20. The number of benzene rings is 1. The van der Waals surface area contributed by atoms with Gasteiger partial charge in [0.2, 0.25) is 0 Å². The molecule has 2 aromatic rings. The molecule has 0 amide bonds. The fraction of sp³-hybridized carbons (Fsp3) is 0. The first-order chi connectivity index (χ1) is 8.94. The molecule has 0 aliphatic heterocycles. The summed E-state index contributed by atoms with van der Waals surface area (Å²) in [7, 11) is -3.95. The molecule has 0 spiro atoms. The van der Waals surface area contributed by atoms with E-state index < -0.39 is 10.0 Å². The number of hydrogen-bond donors (Lipinski definition) is 3. The zero-order valence-corrected chi connectivity index (χ0v) is 11.0. The van der Waals surface area contributed by atoms with Gasteiger partial charge in [0.15, 0.2) is 5.82 Å². The predicted octanol–water partition coefficient (Wildman–Crippen LogP) is 1.32. The number of nitrogens with zero attached hydrogens (tertiary/aromatic N) is 2. The van der Waals surface area contributed by atoms with Crippen molar-refractivity contribution in [3.63, 3.8) is 0 Å². The number of rotatable bonds is 3. The summed E-state index contributed by atoms with van der Waals surface area (Å²) in [6, 6.07) is 5.78. The summed E-state index contributed by atoms with van der Waals surface area (Å²) >= 11 is 5.83. The van der Waals surface area contributed by atoms with E-state index >= 15 is 0 Å². The number of hydrogen-bond acceptors (Lipinski definition) is 5. The Morgan fingerprint density at radius 1 is 1.47 bits per heavy atom. The molecule has 19 heavy (non-hydrogen) atoms. The fourth-order valence-corrected chi connectivity index (χ4v) is 2.92. The van der Waals surface area contributed by atoms with E-state index in [1.165, 1.54) is 24.4 Å². The molecular weight excluding hydrogens is 290 g/mol. The lowest BCUT2D eigenvalue weighted by molar-refractivity contribution is 0.601. The second-order valence-electron chi connectivity index (χ2n) is 3.56. The molecule has 0 aliphatic rings. The second-order valence-corrected chi connectivity index (χ2v) is 5.62. The van der Waals surface area contributed by atoms with Gasteiger partial charge in [0.1, 0.15) is 4.90 Å². The zero-order valence-electron chi connectivity index (χ0n) is 9.38. The fourth-order valence-electron chi connectivity index (χ4n) is 1.35. The summed E-state index contributed by atoms with van der Waals surface area (Å²) in [5, 5.41) is 14.8. The molecule has 0 atom stereocenters. The molecule has 7 nitrogen and oxygen atoms in total. The Morgan fingerprint density at radius 2 is 2.21 bits per heavy atom. The molecule has 0 aliphatic carbocycles. The highest BCUT2D eigenvalue weighted by atomic mass is 35.5. The van der Waals surface area contributed by atoms with Crippen molar-refractivity contribution in [3.05, 3.63) is 35.0 Å². The van der Waals surface area contributed by atoms with Crippen molar-refractivity contribution in [2.75, 3.05) is 10.5 Å². The summed E-state index contributed by atoms with van der Waals surface area (Å²) in [5.74, 6) is 0.0402. The molecule has 0 unspecified atom stereocenters. The number of nitrogen functional groups attached to an aromatic ring is 1.